The smallest absolute Gasteiger partial charge is 0.249 e. The minimum absolute atomic E-state index is 0.359. The number of nitrogens with one attached hydrogen (secondary N) is 1. The number of rotatable bonds is 33. The van der Waals surface area contributed by atoms with E-state index in [4.69, 9.17) is 0 Å². The van der Waals surface area contributed by atoms with Crippen LogP contribution in [0.1, 0.15) is 174 Å². The van der Waals surface area contributed by atoms with Crippen molar-refractivity contribution in [1.29, 1.82) is 0 Å². The zero-order chi connectivity index (χ0) is 33.2. The summed E-state index contributed by atoms with van der Waals surface area (Å²) < 4.78 is 0. The highest BCUT2D eigenvalue weighted by atomic mass is 16.3. The molecule has 0 heterocycles. The summed E-state index contributed by atoms with van der Waals surface area (Å²) in [4.78, 5) is 12.4. The number of hydrogen-bond acceptors (Lipinski definition) is 5. The second kappa shape index (κ2) is 33.9. The Balaban J connectivity index is 3.90. The summed E-state index contributed by atoms with van der Waals surface area (Å²) >= 11 is 0. The van der Waals surface area contributed by atoms with E-state index in [1.165, 1.54) is 89.9 Å². The van der Waals surface area contributed by atoms with Crippen LogP contribution in [0.4, 0.5) is 0 Å². The monoisotopic (exact) mass is 636 g/mol. The van der Waals surface area contributed by atoms with Crippen LogP contribution >= 0.6 is 0 Å². The number of hydrogen-bond donors (Lipinski definition) is 5. The molecule has 0 bridgehead atoms. The molecule has 0 aromatic heterocycles. The fourth-order valence-corrected chi connectivity index (χ4v) is 5.49. The van der Waals surface area contributed by atoms with Crippen LogP contribution in [-0.4, -0.2) is 57.3 Å². The molecule has 0 spiro atoms. The predicted octanol–water partition coefficient (Wildman–Crippen LogP) is 9.01. The SMILES string of the molecule is CCCCCCCC/C=C/CC/C=C/CC/C=C/CCCC(O)C(O)C(CO)NC(=O)C(O)CCCCCCCCCCCC. The highest BCUT2D eigenvalue weighted by Gasteiger charge is 2.28. The molecule has 0 radical (unpaired) electrons. The van der Waals surface area contributed by atoms with E-state index in [0.29, 0.717) is 19.3 Å². The third kappa shape index (κ3) is 28.5. The van der Waals surface area contributed by atoms with Crippen molar-refractivity contribution in [2.45, 2.75) is 199 Å². The van der Waals surface area contributed by atoms with E-state index in [1.54, 1.807) is 0 Å². The van der Waals surface area contributed by atoms with Crippen molar-refractivity contribution in [2.75, 3.05) is 6.61 Å². The van der Waals surface area contributed by atoms with Gasteiger partial charge in [0.1, 0.15) is 12.2 Å². The first kappa shape index (κ1) is 43.5. The average Bonchev–Trinajstić information content (AvgIpc) is 3.04. The van der Waals surface area contributed by atoms with E-state index in [1.807, 2.05) is 0 Å². The molecule has 0 aliphatic carbocycles. The van der Waals surface area contributed by atoms with E-state index in [0.717, 1.165) is 51.4 Å². The molecule has 0 saturated heterocycles. The molecule has 1 amide bonds. The molecular weight excluding hydrogens is 562 g/mol. The molecule has 264 valence electrons. The Morgan fingerprint density at radius 2 is 0.933 bits per heavy atom. The number of aliphatic hydroxyl groups is 4. The molecule has 5 N–H and O–H groups in total. The fraction of sp³-hybridized carbons (Fsp3) is 0.821. The summed E-state index contributed by atoms with van der Waals surface area (Å²) in [6.07, 6.45) is 37.4. The van der Waals surface area contributed by atoms with Gasteiger partial charge in [0.05, 0.1) is 18.8 Å². The van der Waals surface area contributed by atoms with E-state index in [9.17, 15) is 25.2 Å². The molecule has 0 aromatic rings. The average molecular weight is 636 g/mol. The van der Waals surface area contributed by atoms with Crippen LogP contribution in [0, 0.1) is 0 Å². The molecule has 0 aliphatic heterocycles. The summed E-state index contributed by atoms with van der Waals surface area (Å²) in [7, 11) is 0. The maximum absolute atomic E-state index is 12.4. The second-order valence-corrected chi connectivity index (χ2v) is 12.9. The van der Waals surface area contributed by atoms with Crippen molar-refractivity contribution in [3.63, 3.8) is 0 Å². The predicted molar refractivity (Wildman–Crippen MR) is 191 cm³/mol. The number of carbonyl (C=O) groups excluding carboxylic acids is 1. The molecule has 0 rings (SSSR count). The van der Waals surface area contributed by atoms with Crippen LogP contribution in [0.5, 0.6) is 0 Å². The van der Waals surface area contributed by atoms with Gasteiger partial charge in [-0.3, -0.25) is 4.79 Å². The van der Waals surface area contributed by atoms with Crippen molar-refractivity contribution in [3.05, 3.63) is 36.5 Å². The van der Waals surface area contributed by atoms with Crippen LogP contribution in [0.25, 0.3) is 0 Å². The second-order valence-electron chi connectivity index (χ2n) is 12.9. The van der Waals surface area contributed by atoms with Crippen LogP contribution in [0.2, 0.25) is 0 Å². The Morgan fingerprint density at radius 3 is 1.40 bits per heavy atom. The van der Waals surface area contributed by atoms with E-state index in [2.05, 4.69) is 55.6 Å². The number of amides is 1. The van der Waals surface area contributed by atoms with Crippen LogP contribution in [0.3, 0.4) is 0 Å². The Kier molecular flexibility index (Phi) is 32.8. The Morgan fingerprint density at radius 1 is 0.533 bits per heavy atom. The van der Waals surface area contributed by atoms with E-state index < -0.39 is 36.9 Å². The first-order valence-corrected chi connectivity index (χ1v) is 18.9. The number of unbranched alkanes of at least 4 members (excludes halogenated alkanes) is 18. The van der Waals surface area contributed by atoms with Gasteiger partial charge in [-0.2, -0.15) is 0 Å². The number of carbonyl (C=O) groups is 1. The molecule has 0 aromatic carbocycles. The molecule has 0 fully saturated rings. The van der Waals surface area contributed by atoms with Gasteiger partial charge in [-0.05, 0) is 64.2 Å². The Bertz CT molecular complexity index is 722. The molecular formula is C39H73NO5. The molecule has 6 nitrogen and oxygen atoms in total. The minimum Gasteiger partial charge on any atom is -0.394 e. The van der Waals surface area contributed by atoms with Gasteiger partial charge in [0.15, 0.2) is 0 Å². The van der Waals surface area contributed by atoms with Gasteiger partial charge in [0, 0.05) is 0 Å². The standard InChI is InChI=1S/C39H73NO5/c1-3-5-7-9-11-13-15-16-17-18-19-20-21-22-23-25-26-28-30-32-36(42)38(44)35(34-41)40-39(45)37(43)33-31-29-27-24-14-12-10-8-6-4-2/h16-17,20-21,25-26,35-38,41-44H,3-15,18-19,22-24,27-34H2,1-2H3,(H,40,45)/b17-16+,21-20+,26-25+. The maximum Gasteiger partial charge on any atom is 0.249 e. The van der Waals surface area contributed by atoms with Gasteiger partial charge in [-0.25, -0.2) is 0 Å². The normalized spacial score (nSPS) is 14.9. The third-order valence-corrected chi connectivity index (χ3v) is 8.56. The quantitative estimate of drug-likeness (QED) is 0.0365. The van der Waals surface area contributed by atoms with Crippen molar-refractivity contribution in [1.82, 2.24) is 5.32 Å². The van der Waals surface area contributed by atoms with Gasteiger partial charge in [0.25, 0.3) is 0 Å². The van der Waals surface area contributed by atoms with Crippen LogP contribution in [0.15, 0.2) is 36.5 Å². The lowest BCUT2D eigenvalue weighted by Gasteiger charge is -2.27. The van der Waals surface area contributed by atoms with Gasteiger partial charge in [-0.15, -0.1) is 0 Å². The molecule has 0 saturated carbocycles. The summed E-state index contributed by atoms with van der Waals surface area (Å²) in [6.45, 7) is 3.98. The first-order chi connectivity index (χ1) is 22.0. The molecule has 4 unspecified atom stereocenters. The van der Waals surface area contributed by atoms with Crippen molar-refractivity contribution in [2.24, 2.45) is 0 Å². The largest absolute Gasteiger partial charge is 0.394 e. The lowest BCUT2D eigenvalue weighted by molar-refractivity contribution is -0.132. The number of aliphatic hydroxyl groups excluding tert-OH is 4. The number of allylic oxidation sites excluding steroid dienone is 6. The summed E-state index contributed by atoms with van der Waals surface area (Å²) in [5.74, 6) is -0.604. The highest BCUT2D eigenvalue weighted by Crippen LogP contribution is 2.14. The van der Waals surface area contributed by atoms with E-state index >= 15 is 0 Å². The minimum atomic E-state index is -1.29. The Hall–Kier alpha value is -1.47. The fourth-order valence-electron chi connectivity index (χ4n) is 5.49. The van der Waals surface area contributed by atoms with Gasteiger partial charge >= 0.3 is 0 Å². The maximum atomic E-state index is 12.4. The highest BCUT2D eigenvalue weighted by molar-refractivity contribution is 5.80. The molecule has 6 heteroatoms. The lowest BCUT2D eigenvalue weighted by atomic mass is 10.00. The molecule has 45 heavy (non-hydrogen) atoms. The van der Waals surface area contributed by atoms with Crippen molar-refractivity contribution < 1.29 is 25.2 Å². The summed E-state index contributed by atoms with van der Waals surface area (Å²) in [6, 6.07) is -1.01. The van der Waals surface area contributed by atoms with Crippen LogP contribution in [-0.2, 0) is 4.79 Å². The first-order valence-electron chi connectivity index (χ1n) is 18.9. The zero-order valence-electron chi connectivity index (χ0n) is 29.4. The summed E-state index contributed by atoms with van der Waals surface area (Å²) in [5, 5.41) is 43.3. The van der Waals surface area contributed by atoms with Gasteiger partial charge in [0.2, 0.25) is 5.91 Å². The van der Waals surface area contributed by atoms with Gasteiger partial charge in [-0.1, -0.05) is 147 Å². The topological polar surface area (TPSA) is 110 Å². The van der Waals surface area contributed by atoms with Crippen molar-refractivity contribution >= 4 is 5.91 Å². The van der Waals surface area contributed by atoms with Gasteiger partial charge < -0.3 is 25.7 Å². The van der Waals surface area contributed by atoms with Crippen LogP contribution < -0.4 is 5.32 Å². The third-order valence-electron chi connectivity index (χ3n) is 8.56. The van der Waals surface area contributed by atoms with Crippen molar-refractivity contribution in [3.8, 4) is 0 Å². The molecule has 0 aliphatic rings. The lowest BCUT2D eigenvalue weighted by Crippen LogP contribution is -2.53. The molecule has 4 atom stereocenters. The zero-order valence-corrected chi connectivity index (χ0v) is 29.4. The summed E-state index contributed by atoms with van der Waals surface area (Å²) in [5.41, 5.74) is 0. The Labute approximate surface area is 277 Å². The van der Waals surface area contributed by atoms with E-state index in [-0.39, 0.29) is 0 Å².